The summed E-state index contributed by atoms with van der Waals surface area (Å²) < 4.78 is 5.40. The fourth-order valence-electron chi connectivity index (χ4n) is 1.70. The summed E-state index contributed by atoms with van der Waals surface area (Å²) in [5.41, 5.74) is 1.07. The molecule has 104 valence electrons. The number of thiazole rings is 1. The molecule has 4 nitrogen and oxygen atoms in total. The molecule has 0 aliphatic carbocycles. The Morgan fingerprint density at radius 3 is 2.94 bits per heavy atom. The van der Waals surface area contributed by atoms with Gasteiger partial charge in [-0.25, -0.2) is 4.98 Å². The molecule has 1 aromatic heterocycles. The average molecular weight is 272 g/mol. The van der Waals surface area contributed by atoms with Crippen molar-refractivity contribution >= 4 is 11.3 Å². The van der Waals surface area contributed by atoms with Gasteiger partial charge in [-0.05, 0) is 20.4 Å². The number of aliphatic hydroxyl groups is 1. The molecule has 5 heteroatoms. The van der Waals surface area contributed by atoms with Gasteiger partial charge in [-0.15, -0.1) is 11.3 Å². The zero-order valence-electron chi connectivity index (χ0n) is 11.6. The third kappa shape index (κ3) is 6.44. The number of hydrogen-bond acceptors (Lipinski definition) is 5. The Morgan fingerprint density at radius 1 is 1.56 bits per heavy atom. The molecule has 1 heterocycles. The van der Waals surface area contributed by atoms with E-state index in [1.165, 1.54) is 0 Å². The molecule has 0 spiro atoms. The Morgan fingerprint density at radius 2 is 2.33 bits per heavy atom. The van der Waals surface area contributed by atoms with Gasteiger partial charge in [0, 0.05) is 25.1 Å². The Balaban J connectivity index is 2.16. The summed E-state index contributed by atoms with van der Waals surface area (Å²) in [6.45, 7) is 6.68. The molecular weight excluding hydrogens is 248 g/mol. The molecule has 1 unspecified atom stereocenters. The first-order chi connectivity index (χ1) is 8.61. The maximum Gasteiger partial charge on any atom is 0.0900 e. The first-order valence-corrected chi connectivity index (χ1v) is 7.35. The van der Waals surface area contributed by atoms with Crippen molar-refractivity contribution in [2.45, 2.75) is 39.3 Å². The highest BCUT2D eigenvalue weighted by Crippen LogP contribution is 2.09. The van der Waals surface area contributed by atoms with E-state index in [4.69, 9.17) is 4.74 Å². The number of aliphatic hydroxyl groups excluding tert-OH is 1. The van der Waals surface area contributed by atoms with Gasteiger partial charge in [0.15, 0.2) is 0 Å². The predicted octanol–water partition coefficient (Wildman–Crippen LogP) is 2.06. The second kappa shape index (κ2) is 8.58. The van der Waals surface area contributed by atoms with Gasteiger partial charge in [-0.2, -0.15) is 0 Å². The van der Waals surface area contributed by atoms with Crippen molar-refractivity contribution in [3.8, 4) is 0 Å². The summed E-state index contributed by atoms with van der Waals surface area (Å²) in [5.74, 6) is 0. The molecule has 1 N–H and O–H groups in total. The van der Waals surface area contributed by atoms with E-state index in [9.17, 15) is 5.11 Å². The van der Waals surface area contributed by atoms with E-state index in [2.05, 4.69) is 22.2 Å². The van der Waals surface area contributed by atoms with Crippen molar-refractivity contribution in [2.75, 3.05) is 26.8 Å². The average Bonchev–Trinajstić information content (AvgIpc) is 2.70. The maximum absolute atomic E-state index is 9.82. The van der Waals surface area contributed by atoms with Gasteiger partial charge in [0.2, 0.25) is 0 Å². The van der Waals surface area contributed by atoms with E-state index >= 15 is 0 Å². The fraction of sp³-hybridized carbons (Fsp3) is 0.769. The summed E-state index contributed by atoms with van der Waals surface area (Å²) in [5, 5.41) is 13.0. The van der Waals surface area contributed by atoms with Crippen molar-refractivity contribution in [1.82, 2.24) is 9.88 Å². The number of ether oxygens (including phenoxy) is 1. The van der Waals surface area contributed by atoms with Crippen LogP contribution < -0.4 is 0 Å². The maximum atomic E-state index is 9.82. The van der Waals surface area contributed by atoms with E-state index in [1.54, 1.807) is 11.3 Å². The van der Waals surface area contributed by atoms with E-state index in [0.717, 1.165) is 36.7 Å². The Labute approximate surface area is 114 Å². The molecular formula is C13H24N2O2S. The van der Waals surface area contributed by atoms with Crippen molar-refractivity contribution in [2.24, 2.45) is 0 Å². The summed E-state index contributed by atoms with van der Waals surface area (Å²) >= 11 is 1.66. The number of rotatable bonds is 9. The van der Waals surface area contributed by atoms with Crippen LogP contribution in [-0.2, 0) is 11.3 Å². The predicted molar refractivity (Wildman–Crippen MR) is 74.9 cm³/mol. The Hall–Kier alpha value is -0.490. The van der Waals surface area contributed by atoms with Crippen LogP contribution >= 0.6 is 11.3 Å². The summed E-state index contributed by atoms with van der Waals surface area (Å²) in [7, 11) is 1.99. The highest BCUT2D eigenvalue weighted by molar-refractivity contribution is 7.09. The number of aromatic nitrogens is 1. The van der Waals surface area contributed by atoms with Gasteiger partial charge in [-0.3, -0.25) is 4.90 Å². The highest BCUT2D eigenvalue weighted by atomic mass is 32.1. The first-order valence-electron chi connectivity index (χ1n) is 6.47. The fourth-order valence-corrected chi connectivity index (χ4v) is 2.30. The first kappa shape index (κ1) is 15.6. The molecule has 1 atom stereocenters. The van der Waals surface area contributed by atoms with Crippen molar-refractivity contribution in [3.63, 3.8) is 0 Å². The molecule has 18 heavy (non-hydrogen) atoms. The summed E-state index contributed by atoms with van der Waals surface area (Å²) in [6.07, 6.45) is 1.76. The molecule has 0 radical (unpaired) electrons. The van der Waals surface area contributed by atoms with Gasteiger partial charge in [0.05, 0.1) is 23.4 Å². The minimum absolute atomic E-state index is 0.417. The number of unbranched alkanes of at least 4 members (excludes halogenated alkanes) is 1. The monoisotopic (exact) mass is 272 g/mol. The zero-order valence-corrected chi connectivity index (χ0v) is 12.4. The lowest BCUT2D eigenvalue weighted by Gasteiger charge is -2.19. The van der Waals surface area contributed by atoms with Crippen LogP contribution in [0.5, 0.6) is 0 Å². The molecule has 1 aromatic rings. The molecule has 0 saturated carbocycles. The van der Waals surface area contributed by atoms with E-state index in [1.807, 2.05) is 14.0 Å². The number of hydrogen-bond donors (Lipinski definition) is 1. The molecule has 0 fully saturated rings. The van der Waals surface area contributed by atoms with Gasteiger partial charge in [0.1, 0.15) is 0 Å². The lowest BCUT2D eigenvalue weighted by atomic mass is 10.3. The number of nitrogens with zero attached hydrogens (tertiary/aromatic N) is 2. The Bertz CT molecular complexity index is 331. The SMILES string of the molecule is CCCCOCC(O)CN(C)Cc1csc(C)n1. The smallest absolute Gasteiger partial charge is 0.0900 e. The zero-order chi connectivity index (χ0) is 13.4. The summed E-state index contributed by atoms with van der Waals surface area (Å²) in [4.78, 5) is 6.48. The number of likely N-dealkylation sites (N-methyl/N-ethyl adjacent to an activating group) is 1. The van der Waals surface area contributed by atoms with Crippen LogP contribution in [0.1, 0.15) is 30.5 Å². The van der Waals surface area contributed by atoms with Gasteiger partial charge in [-0.1, -0.05) is 13.3 Å². The van der Waals surface area contributed by atoms with Crippen LogP contribution in [0.4, 0.5) is 0 Å². The lowest BCUT2D eigenvalue weighted by molar-refractivity contribution is 0.0187. The number of aryl methyl sites for hydroxylation is 1. The largest absolute Gasteiger partial charge is 0.389 e. The van der Waals surface area contributed by atoms with Crippen molar-refractivity contribution in [3.05, 3.63) is 16.1 Å². The molecule has 0 amide bonds. The molecule has 0 saturated heterocycles. The van der Waals surface area contributed by atoms with Crippen LogP contribution in [0.25, 0.3) is 0 Å². The summed E-state index contributed by atoms with van der Waals surface area (Å²) in [6, 6.07) is 0. The lowest BCUT2D eigenvalue weighted by Crippen LogP contribution is -2.32. The minimum atomic E-state index is -0.424. The molecule has 1 rings (SSSR count). The van der Waals surface area contributed by atoms with E-state index in [0.29, 0.717) is 13.2 Å². The third-order valence-electron chi connectivity index (χ3n) is 2.57. The standard InChI is InChI=1S/C13H24N2O2S/c1-4-5-6-17-9-13(16)8-15(3)7-12-10-18-11(2)14-12/h10,13,16H,4-9H2,1-3H3. The van der Waals surface area contributed by atoms with Crippen LogP contribution in [-0.4, -0.2) is 47.9 Å². The molecule has 0 aliphatic rings. The quantitative estimate of drug-likeness (QED) is 0.699. The van der Waals surface area contributed by atoms with Crippen LogP contribution in [0.2, 0.25) is 0 Å². The third-order valence-corrected chi connectivity index (χ3v) is 3.40. The second-order valence-electron chi connectivity index (χ2n) is 4.64. The molecule has 0 aliphatic heterocycles. The van der Waals surface area contributed by atoms with Crippen molar-refractivity contribution in [1.29, 1.82) is 0 Å². The minimum Gasteiger partial charge on any atom is -0.389 e. The van der Waals surface area contributed by atoms with Crippen molar-refractivity contribution < 1.29 is 9.84 Å². The highest BCUT2D eigenvalue weighted by Gasteiger charge is 2.10. The van der Waals surface area contributed by atoms with Gasteiger partial charge < -0.3 is 9.84 Å². The van der Waals surface area contributed by atoms with Gasteiger partial charge >= 0.3 is 0 Å². The van der Waals surface area contributed by atoms with Gasteiger partial charge in [0.25, 0.3) is 0 Å². The van der Waals surface area contributed by atoms with E-state index < -0.39 is 6.10 Å². The van der Waals surface area contributed by atoms with Crippen LogP contribution in [0.15, 0.2) is 5.38 Å². The topological polar surface area (TPSA) is 45.6 Å². The van der Waals surface area contributed by atoms with Crippen LogP contribution in [0, 0.1) is 6.92 Å². The Kier molecular flexibility index (Phi) is 7.42. The second-order valence-corrected chi connectivity index (χ2v) is 5.70. The van der Waals surface area contributed by atoms with E-state index in [-0.39, 0.29) is 0 Å². The molecule has 0 bridgehead atoms. The molecule has 0 aromatic carbocycles. The normalized spacial score (nSPS) is 13.2. The van der Waals surface area contributed by atoms with Crippen LogP contribution in [0.3, 0.4) is 0 Å².